The first kappa shape index (κ1) is 12.6. The Morgan fingerprint density at radius 2 is 2.28 bits per heavy atom. The Kier molecular flexibility index (Phi) is 3.94. The third-order valence-corrected chi connectivity index (χ3v) is 2.57. The Morgan fingerprint density at radius 3 is 2.94 bits per heavy atom. The molecule has 0 amide bonds. The summed E-state index contributed by atoms with van der Waals surface area (Å²) in [6.07, 6.45) is 3.33. The molecule has 1 heterocycles. The number of para-hydroxylation sites is 1. The predicted octanol–water partition coefficient (Wildman–Crippen LogP) is 2.55. The Balaban J connectivity index is 2.26. The smallest absolute Gasteiger partial charge is 0.167 e. The second-order valence-electron chi connectivity index (χ2n) is 3.89. The SMILES string of the molecule is CCn1cc(Oc2c(F)cccc2CNC)cn1. The minimum atomic E-state index is -0.369. The molecule has 1 aromatic carbocycles. The Morgan fingerprint density at radius 1 is 1.44 bits per heavy atom. The summed E-state index contributed by atoms with van der Waals surface area (Å²) in [5, 5.41) is 7.08. The molecule has 0 atom stereocenters. The molecule has 0 bridgehead atoms. The van der Waals surface area contributed by atoms with Crippen molar-refractivity contribution in [3.8, 4) is 11.5 Å². The number of nitrogens with one attached hydrogen (secondary N) is 1. The van der Waals surface area contributed by atoms with Crippen molar-refractivity contribution in [3.63, 3.8) is 0 Å². The monoisotopic (exact) mass is 249 g/mol. The second kappa shape index (κ2) is 5.64. The van der Waals surface area contributed by atoms with Gasteiger partial charge in [-0.15, -0.1) is 0 Å². The molecule has 0 aliphatic heterocycles. The van der Waals surface area contributed by atoms with Gasteiger partial charge in [-0.3, -0.25) is 4.68 Å². The summed E-state index contributed by atoms with van der Waals surface area (Å²) in [4.78, 5) is 0. The van der Waals surface area contributed by atoms with E-state index in [4.69, 9.17) is 4.74 Å². The van der Waals surface area contributed by atoms with E-state index in [9.17, 15) is 4.39 Å². The van der Waals surface area contributed by atoms with Crippen LogP contribution in [0.1, 0.15) is 12.5 Å². The zero-order chi connectivity index (χ0) is 13.0. The van der Waals surface area contributed by atoms with Crippen molar-refractivity contribution < 1.29 is 9.13 Å². The quantitative estimate of drug-likeness (QED) is 0.885. The number of halogens is 1. The topological polar surface area (TPSA) is 39.1 Å². The number of aromatic nitrogens is 2. The van der Waals surface area contributed by atoms with Crippen LogP contribution in [0.15, 0.2) is 30.6 Å². The molecule has 2 rings (SSSR count). The van der Waals surface area contributed by atoms with E-state index in [0.29, 0.717) is 12.3 Å². The van der Waals surface area contributed by atoms with E-state index < -0.39 is 0 Å². The second-order valence-corrected chi connectivity index (χ2v) is 3.89. The lowest BCUT2D eigenvalue weighted by Gasteiger charge is -2.10. The zero-order valence-electron chi connectivity index (χ0n) is 10.5. The highest BCUT2D eigenvalue weighted by Gasteiger charge is 2.11. The van der Waals surface area contributed by atoms with Crippen molar-refractivity contribution in [1.29, 1.82) is 0 Å². The van der Waals surface area contributed by atoms with Crippen LogP contribution in [-0.2, 0) is 13.1 Å². The number of ether oxygens (including phenoxy) is 1. The van der Waals surface area contributed by atoms with Crippen LogP contribution >= 0.6 is 0 Å². The number of hydrogen-bond donors (Lipinski definition) is 1. The van der Waals surface area contributed by atoms with Gasteiger partial charge in [0.1, 0.15) is 0 Å². The molecule has 0 fully saturated rings. The van der Waals surface area contributed by atoms with Gasteiger partial charge in [0.25, 0.3) is 0 Å². The molecule has 0 saturated heterocycles. The maximum absolute atomic E-state index is 13.8. The van der Waals surface area contributed by atoms with Crippen LogP contribution in [0.3, 0.4) is 0 Å². The summed E-state index contributed by atoms with van der Waals surface area (Å²) in [6.45, 7) is 3.28. The molecule has 0 unspecified atom stereocenters. The zero-order valence-corrected chi connectivity index (χ0v) is 10.5. The van der Waals surface area contributed by atoms with Gasteiger partial charge >= 0.3 is 0 Å². The molecule has 0 radical (unpaired) electrons. The fraction of sp³-hybridized carbons (Fsp3) is 0.308. The molecular weight excluding hydrogens is 233 g/mol. The Bertz CT molecular complexity index is 525. The highest BCUT2D eigenvalue weighted by molar-refractivity contribution is 5.38. The van der Waals surface area contributed by atoms with Crippen LogP contribution in [0, 0.1) is 5.82 Å². The van der Waals surface area contributed by atoms with Crippen LogP contribution in [0.4, 0.5) is 4.39 Å². The van der Waals surface area contributed by atoms with Gasteiger partial charge in [-0.2, -0.15) is 5.10 Å². The van der Waals surface area contributed by atoms with Crippen molar-refractivity contribution in [2.75, 3.05) is 7.05 Å². The van der Waals surface area contributed by atoms with E-state index >= 15 is 0 Å². The van der Waals surface area contributed by atoms with Gasteiger partial charge in [0.15, 0.2) is 17.3 Å². The van der Waals surface area contributed by atoms with Crippen LogP contribution in [0.25, 0.3) is 0 Å². The van der Waals surface area contributed by atoms with Gasteiger partial charge in [0.2, 0.25) is 0 Å². The molecular formula is C13H16FN3O. The normalized spacial score (nSPS) is 10.6. The largest absolute Gasteiger partial charge is 0.451 e. The molecule has 96 valence electrons. The summed E-state index contributed by atoms with van der Waals surface area (Å²) in [7, 11) is 1.81. The van der Waals surface area contributed by atoms with E-state index in [2.05, 4.69) is 10.4 Å². The molecule has 4 nitrogen and oxygen atoms in total. The van der Waals surface area contributed by atoms with Gasteiger partial charge in [-0.05, 0) is 20.0 Å². The van der Waals surface area contributed by atoms with E-state index in [1.54, 1.807) is 23.1 Å². The van der Waals surface area contributed by atoms with Crippen LogP contribution < -0.4 is 10.1 Å². The van der Waals surface area contributed by atoms with Crippen LogP contribution in [0.5, 0.6) is 11.5 Å². The van der Waals surface area contributed by atoms with Gasteiger partial charge in [-0.25, -0.2) is 4.39 Å². The van der Waals surface area contributed by atoms with Crippen molar-refractivity contribution in [2.24, 2.45) is 0 Å². The molecule has 0 aliphatic rings. The maximum atomic E-state index is 13.8. The van der Waals surface area contributed by atoms with E-state index in [1.807, 2.05) is 20.0 Å². The first-order chi connectivity index (χ1) is 8.74. The van der Waals surface area contributed by atoms with Crippen molar-refractivity contribution in [1.82, 2.24) is 15.1 Å². The van der Waals surface area contributed by atoms with Gasteiger partial charge in [-0.1, -0.05) is 12.1 Å². The Labute approximate surface area is 105 Å². The number of benzene rings is 1. The third-order valence-electron chi connectivity index (χ3n) is 2.57. The third kappa shape index (κ3) is 2.68. The van der Waals surface area contributed by atoms with Crippen molar-refractivity contribution >= 4 is 0 Å². The summed E-state index contributed by atoms with van der Waals surface area (Å²) in [6, 6.07) is 4.89. The molecule has 2 aromatic rings. The molecule has 0 saturated carbocycles. The number of aryl methyl sites for hydroxylation is 1. The lowest BCUT2D eigenvalue weighted by molar-refractivity contribution is 0.434. The van der Waals surface area contributed by atoms with Crippen LogP contribution in [-0.4, -0.2) is 16.8 Å². The Hall–Kier alpha value is -1.88. The van der Waals surface area contributed by atoms with Crippen LogP contribution in [0.2, 0.25) is 0 Å². The number of rotatable bonds is 5. The van der Waals surface area contributed by atoms with Gasteiger partial charge < -0.3 is 10.1 Å². The molecule has 18 heavy (non-hydrogen) atoms. The molecule has 5 heteroatoms. The number of nitrogens with zero attached hydrogens (tertiary/aromatic N) is 2. The standard InChI is InChI=1S/C13H16FN3O/c1-3-17-9-11(8-16-17)18-13-10(7-15-2)5-4-6-12(13)14/h4-6,8-9,15H,3,7H2,1-2H3. The first-order valence-electron chi connectivity index (χ1n) is 5.87. The molecule has 0 aliphatic carbocycles. The summed E-state index contributed by atoms with van der Waals surface area (Å²) < 4.78 is 21.1. The fourth-order valence-electron chi connectivity index (χ4n) is 1.69. The van der Waals surface area contributed by atoms with E-state index in [-0.39, 0.29) is 11.6 Å². The lowest BCUT2D eigenvalue weighted by Crippen LogP contribution is -2.07. The van der Waals surface area contributed by atoms with Crippen molar-refractivity contribution in [2.45, 2.75) is 20.0 Å². The average molecular weight is 249 g/mol. The molecule has 1 N–H and O–H groups in total. The molecule has 1 aromatic heterocycles. The molecule has 0 spiro atoms. The summed E-state index contributed by atoms with van der Waals surface area (Å²) in [5.41, 5.74) is 0.779. The maximum Gasteiger partial charge on any atom is 0.167 e. The highest BCUT2D eigenvalue weighted by atomic mass is 19.1. The minimum Gasteiger partial charge on any atom is -0.451 e. The van der Waals surface area contributed by atoms with Gasteiger partial charge in [0.05, 0.1) is 12.4 Å². The fourth-order valence-corrected chi connectivity index (χ4v) is 1.69. The van der Waals surface area contributed by atoms with Gasteiger partial charge in [0, 0.05) is 18.7 Å². The lowest BCUT2D eigenvalue weighted by atomic mass is 10.2. The van der Waals surface area contributed by atoms with Crippen molar-refractivity contribution in [3.05, 3.63) is 42.0 Å². The highest BCUT2D eigenvalue weighted by Crippen LogP contribution is 2.28. The van der Waals surface area contributed by atoms with E-state index in [0.717, 1.165) is 12.1 Å². The van der Waals surface area contributed by atoms with E-state index in [1.165, 1.54) is 6.07 Å². The summed E-state index contributed by atoms with van der Waals surface area (Å²) >= 11 is 0. The first-order valence-corrected chi connectivity index (χ1v) is 5.87. The minimum absolute atomic E-state index is 0.252. The number of hydrogen-bond acceptors (Lipinski definition) is 3. The average Bonchev–Trinajstić information content (AvgIpc) is 2.82. The predicted molar refractivity (Wildman–Crippen MR) is 67.1 cm³/mol. The summed E-state index contributed by atoms with van der Waals surface area (Å²) in [5.74, 6) is 0.425.